The van der Waals surface area contributed by atoms with Gasteiger partial charge in [-0.05, 0) is 37.0 Å². The molecule has 0 unspecified atom stereocenters. The summed E-state index contributed by atoms with van der Waals surface area (Å²) in [5, 5.41) is 14.7. The molecule has 1 fully saturated rings. The Hall–Kier alpha value is -2.60. The van der Waals surface area contributed by atoms with Gasteiger partial charge in [0.1, 0.15) is 0 Å². The first-order chi connectivity index (χ1) is 14.2. The van der Waals surface area contributed by atoms with Crippen molar-refractivity contribution in [3.05, 3.63) is 54.7 Å². The Morgan fingerprint density at radius 3 is 2.55 bits per heavy atom. The first kappa shape index (κ1) is 19.7. The highest BCUT2D eigenvalue weighted by molar-refractivity contribution is 5.57. The molecule has 1 aliphatic rings. The SMILES string of the molecule is CN(C)c1ccc(C[C@H](CO)n2cncc2-c2cnn(C3CCCCC3)c2)cc1. The van der Waals surface area contributed by atoms with Crippen molar-refractivity contribution in [2.24, 2.45) is 0 Å². The van der Waals surface area contributed by atoms with E-state index in [0.717, 1.165) is 17.7 Å². The van der Waals surface area contributed by atoms with Crippen LogP contribution < -0.4 is 4.90 Å². The Kier molecular flexibility index (Phi) is 6.00. The van der Waals surface area contributed by atoms with Gasteiger partial charge in [0.25, 0.3) is 0 Å². The van der Waals surface area contributed by atoms with Crippen LogP contribution in [-0.4, -0.2) is 45.1 Å². The summed E-state index contributed by atoms with van der Waals surface area (Å²) in [5.41, 5.74) is 4.45. The maximum atomic E-state index is 10.1. The highest BCUT2D eigenvalue weighted by Crippen LogP contribution is 2.30. The molecule has 0 aliphatic heterocycles. The van der Waals surface area contributed by atoms with E-state index in [-0.39, 0.29) is 12.6 Å². The molecule has 1 N–H and O–H groups in total. The zero-order valence-corrected chi connectivity index (χ0v) is 17.4. The summed E-state index contributed by atoms with van der Waals surface area (Å²) >= 11 is 0. The topological polar surface area (TPSA) is 59.1 Å². The molecule has 29 heavy (non-hydrogen) atoms. The van der Waals surface area contributed by atoms with Crippen molar-refractivity contribution < 1.29 is 5.11 Å². The highest BCUT2D eigenvalue weighted by atomic mass is 16.3. The molecule has 3 aromatic rings. The van der Waals surface area contributed by atoms with E-state index in [0.29, 0.717) is 6.04 Å². The molecule has 0 saturated heterocycles. The van der Waals surface area contributed by atoms with Crippen LogP contribution in [0.4, 0.5) is 5.69 Å². The fraction of sp³-hybridized carbons (Fsp3) is 0.478. The molecule has 0 spiro atoms. The third kappa shape index (κ3) is 4.37. The minimum Gasteiger partial charge on any atom is -0.394 e. The predicted molar refractivity (Wildman–Crippen MR) is 116 cm³/mol. The van der Waals surface area contributed by atoms with Gasteiger partial charge in [0.2, 0.25) is 0 Å². The van der Waals surface area contributed by atoms with Crippen LogP contribution in [0.5, 0.6) is 0 Å². The largest absolute Gasteiger partial charge is 0.394 e. The molecular weight excluding hydrogens is 362 g/mol. The Morgan fingerprint density at radius 2 is 1.86 bits per heavy atom. The number of aromatic nitrogens is 4. The lowest BCUT2D eigenvalue weighted by molar-refractivity contribution is 0.228. The molecule has 2 aromatic heterocycles. The molecule has 6 nitrogen and oxygen atoms in total. The molecule has 1 aromatic carbocycles. The monoisotopic (exact) mass is 393 g/mol. The van der Waals surface area contributed by atoms with Crippen LogP contribution in [0.15, 0.2) is 49.2 Å². The van der Waals surface area contributed by atoms with Gasteiger partial charge in [-0.1, -0.05) is 31.4 Å². The predicted octanol–water partition coefficient (Wildman–Crippen LogP) is 4.09. The van der Waals surface area contributed by atoms with Gasteiger partial charge in [0, 0.05) is 31.5 Å². The van der Waals surface area contributed by atoms with E-state index in [1.807, 2.05) is 32.8 Å². The minimum absolute atomic E-state index is 0.0595. The van der Waals surface area contributed by atoms with Crippen LogP contribution in [0.2, 0.25) is 0 Å². The molecule has 6 heteroatoms. The smallest absolute Gasteiger partial charge is 0.0954 e. The van der Waals surface area contributed by atoms with Crippen molar-refractivity contribution in [3.63, 3.8) is 0 Å². The van der Waals surface area contributed by atoms with Crippen LogP contribution >= 0.6 is 0 Å². The fourth-order valence-corrected chi connectivity index (χ4v) is 4.29. The fourth-order valence-electron chi connectivity index (χ4n) is 4.29. The van der Waals surface area contributed by atoms with Crippen LogP contribution in [0.25, 0.3) is 11.3 Å². The summed E-state index contributed by atoms with van der Waals surface area (Å²) in [4.78, 5) is 6.46. The van der Waals surface area contributed by atoms with E-state index in [4.69, 9.17) is 0 Å². The summed E-state index contributed by atoms with van der Waals surface area (Å²) in [6.45, 7) is 0.0650. The summed E-state index contributed by atoms with van der Waals surface area (Å²) in [7, 11) is 4.08. The van der Waals surface area contributed by atoms with Gasteiger partial charge in [-0.2, -0.15) is 5.10 Å². The van der Waals surface area contributed by atoms with Gasteiger partial charge in [0.05, 0.1) is 43.1 Å². The van der Waals surface area contributed by atoms with Gasteiger partial charge in [-0.15, -0.1) is 0 Å². The molecule has 1 aliphatic carbocycles. The van der Waals surface area contributed by atoms with Gasteiger partial charge >= 0.3 is 0 Å². The summed E-state index contributed by atoms with van der Waals surface area (Å²) in [5.74, 6) is 0. The first-order valence-corrected chi connectivity index (χ1v) is 10.6. The minimum atomic E-state index is -0.0595. The third-order valence-corrected chi connectivity index (χ3v) is 6.04. The summed E-state index contributed by atoms with van der Waals surface area (Å²) in [6.07, 6.45) is 14.9. The van der Waals surface area contributed by atoms with Crippen molar-refractivity contribution in [1.29, 1.82) is 0 Å². The van der Waals surface area contributed by atoms with Gasteiger partial charge in [-0.25, -0.2) is 4.98 Å². The normalized spacial score (nSPS) is 16.1. The second-order valence-electron chi connectivity index (χ2n) is 8.29. The Morgan fingerprint density at radius 1 is 1.10 bits per heavy atom. The molecule has 4 rings (SSSR count). The van der Waals surface area contributed by atoms with E-state index in [1.165, 1.54) is 43.4 Å². The van der Waals surface area contributed by atoms with Crippen LogP contribution in [0.3, 0.4) is 0 Å². The van der Waals surface area contributed by atoms with E-state index < -0.39 is 0 Å². The second kappa shape index (κ2) is 8.82. The number of hydrogen-bond donors (Lipinski definition) is 1. The number of nitrogens with zero attached hydrogens (tertiary/aromatic N) is 5. The number of imidazole rings is 1. The Bertz CT molecular complexity index is 906. The van der Waals surface area contributed by atoms with E-state index in [2.05, 4.69) is 54.7 Å². The Labute approximate surface area is 172 Å². The van der Waals surface area contributed by atoms with Crippen LogP contribution in [0.1, 0.15) is 49.8 Å². The number of hydrogen-bond acceptors (Lipinski definition) is 4. The van der Waals surface area contributed by atoms with Crippen LogP contribution in [0, 0.1) is 0 Å². The van der Waals surface area contributed by atoms with Crippen molar-refractivity contribution in [2.45, 2.75) is 50.6 Å². The van der Waals surface area contributed by atoms with Gasteiger partial charge in [0.15, 0.2) is 0 Å². The molecule has 1 atom stereocenters. The van der Waals surface area contributed by atoms with Crippen molar-refractivity contribution in [1.82, 2.24) is 19.3 Å². The average molecular weight is 394 g/mol. The number of aliphatic hydroxyl groups excluding tert-OH is 1. The highest BCUT2D eigenvalue weighted by Gasteiger charge is 2.19. The van der Waals surface area contributed by atoms with Crippen molar-refractivity contribution in [2.75, 3.05) is 25.6 Å². The standard InChI is InChI=1S/C23H31N5O/c1-26(2)20-10-8-18(9-11-20)12-22(16-29)27-17-24-14-23(27)19-13-25-28(15-19)21-6-4-3-5-7-21/h8-11,13-15,17,21-22,29H,3-7,12,16H2,1-2H3/t22-/m1/s1. The summed E-state index contributed by atoms with van der Waals surface area (Å²) in [6, 6.07) is 8.96. The molecule has 0 amide bonds. The zero-order chi connectivity index (χ0) is 20.2. The molecule has 1 saturated carbocycles. The second-order valence-corrected chi connectivity index (χ2v) is 8.29. The van der Waals surface area contributed by atoms with Gasteiger partial charge < -0.3 is 14.6 Å². The molecule has 0 bridgehead atoms. The maximum absolute atomic E-state index is 10.1. The molecule has 2 heterocycles. The average Bonchev–Trinajstić information content (AvgIpc) is 3.42. The van der Waals surface area contributed by atoms with Crippen molar-refractivity contribution >= 4 is 5.69 Å². The molecular formula is C23H31N5O. The lowest BCUT2D eigenvalue weighted by Gasteiger charge is -2.22. The number of benzene rings is 1. The Balaban J connectivity index is 1.53. The lowest BCUT2D eigenvalue weighted by Crippen LogP contribution is -2.16. The third-order valence-electron chi connectivity index (χ3n) is 6.04. The first-order valence-electron chi connectivity index (χ1n) is 10.6. The summed E-state index contributed by atoms with van der Waals surface area (Å²) < 4.78 is 4.21. The lowest BCUT2D eigenvalue weighted by atomic mass is 9.96. The molecule has 0 radical (unpaired) electrons. The number of anilines is 1. The van der Waals surface area contributed by atoms with Crippen molar-refractivity contribution in [3.8, 4) is 11.3 Å². The maximum Gasteiger partial charge on any atom is 0.0954 e. The molecule has 154 valence electrons. The van der Waals surface area contributed by atoms with Gasteiger partial charge in [-0.3, -0.25) is 4.68 Å². The zero-order valence-electron chi connectivity index (χ0n) is 17.4. The van der Waals surface area contributed by atoms with Crippen LogP contribution in [-0.2, 0) is 6.42 Å². The quantitative estimate of drug-likeness (QED) is 0.657. The van der Waals surface area contributed by atoms with E-state index in [9.17, 15) is 5.11 Å². The number of rotatable bonds is 7. The number of aliphatic hydroxyl groups is 1. The van der Waals surface area contributed by atoms with E-state index >= 15 is 0 Å². The van der Waals surface area contributed by atoms with E-state index in [1.54, 1.807) is 0 Å².